The van der Waals surface area contributed by atoms with Crippen LogP contribution < -0.4 is 10.5 Å². The summed E-state index contributed by atoms with van der Waals surface area (Å²) in [6.07, 6.45) is 0. The Morgan fingerprint density at radius 3 is 2.46 bits per heavy atom. The molecular formula is C9H13Cl2NO. The quantitative estimate of drug-likeness (QED) is 0.834. The second-order valence-electron chi connectivity index (χ2n) is 2.64. The molecule has 0 unspecified atom stereocenters. The lowest BCUT2D eigenvalue weighted by Crippen LogP contribution is -2.07. The predicted octanol–water partition coefficient (Wildman–Crippen LogP) is 2.79. The zero-order valence-electron chi connectivity index (χ0n) is 7.58. The molecule has 1 rings (SSSR count). The van der Waals surface area contributed by atoms with Crippen LogP contribution >= 0.6 is 24.0 Å². The van der Waals surface area contributed by atoms with Gasteiger partial charge < -0.3 is 10.5 Å². The average molecular weight is 222 g/mol. The minimum absolute atomic E-state index is 0. The summed E-state index contributed by atoms with van der Waals surface area (Å²) in [7, 11) is 1.61. The maximum atomic E-state index is 5.94. The Morgan fingerprint density at radius 1 is 1.46 bits per heavy atom. The van der Waals surface area contributed by atoms with Crippen molar-refractivity contribution >= 4 is 24.0 Å². The van der Waals surface area contributed by atoms with Crippen LogP contribution in [0.1, 0.15) is 18.5 Å². The molecule has 2 nitrogen and oxygen atoms in total. The molecule has 0 amide bonds. The summed E-state index contributed by atoms with van der Waals surface area (Å²) in [5.41, 5.74) is 6.59. The molecule has 74 valence electrons. The van der Waals surface area contributed by atoms with Crippen molar-refractivity contribution in [3.05, 3.63) is 28.8 Å². The lowest BCUT2D eigenvalue weighted by atomic mass is 10.1. The van der Waals surface area contributed by atoms with Crippen molar-refractivity contribution in [2.24, 2.45) is 5.73 Å². The van der Waals surface area contributed by atoms with Gasteiger partial charge in [-0.05, 0) is 19.1 Å². The maximum Gasteiger partial charge on any atom is 0.125 e. The SMILES string of the molecule is COc1cccc(Cl)c1[C@H](C)N.Cl. The monoisotopic (exact) mass is 221 g/mol. The third-order valence-electron chi connectivity index (χ3n) is 1.69. The van der Waals surface area contributed by atoms with Gasteiger partial charge in [0.15, 0.2) is 0 Å². The van der Waals surface area contributed by atoms with Gasteiger partial charge in [0.1, 0.15) is 5.75 Å². The van der Waals surface area contributed by atoms with Gasteiger partial charge in [-0.1, -0.05) is 17.7 Å². The molecule has 0 aliphatic heterocycles. The van der Waals surface area contributed by atoms with Crippen LogP contribution in [0.4, 0.5) is 0 Å². The van der Waals surface area contributed by atoms with Crippen molar-refractivity contribution in [2.45, 2.75) is 13.0 Å². The molecule has 0 aliphatic carbocycles. The van der Waals surface area contributed by atoms with Crippen molar-refractivity contribution in [1.29, 1.82) is 0 Å². The second-order valence-corrected chi connectivity index (χ2v) is 3.05. The van der Waals surface area contributed by atoms with Gasteiger partial charge in [-0.2, -0.15) is 0 Å². The van der Waals surface area contributed by atoms with Crippen LogP contribution in [-0.4, -0.2) is 7.11 Å². The highest BCUT2D eigenvalue weighted by molar-refractivity contribution is 6.31. The van der Waals surface area contributed by atoms with Crippen molar-refractivity contribution < 1.29 is 4.74 Å². The number of rotatable bonds is 2. The van der Waals surface area contributed by atoms with E-state index in [1.165, 1.54) is 0 Å². The van der Waals surface area contributed by atoms with E-state index in [0.29, 0.717) is 5.02 Å². The van der Waals surface area contributed by atoms with Gasteiger partial charge in [0.05, 0.1) is 7.11 Å². The zero-order valence-corrected chi connectivity index (χ0v) is 9.15. The molecule has 1 atom stereocenters. The number of methoxy groups -OCH3 is 1. The minimum atomic E-state index is -0.103. The molecule has 0 spiro atoms. The van der Waals surface area contributed by atoms with Crippen LogP contribution in [0.25, 0.3) is 0 Å². The summed E-state index contributed by atoms with van der Waals surface area (Å²) in [5.74, 6) is 0.748. The molecule has 0 fully saturated rings. The molecular weight excluding hydrogens is 209 g/mol. The van der Waals surface area contributed by atoms with Gasteiger partial charge in [0.25, 0.3) is 0 Å². The molecule has 1 aromatic carbocycles. The molecule has 13 heavy (non-hydrogen) atoms. The Morgan fingerprint density at radius 2 is 2.08 bits per heavy atom. The summed E-state index contributed by atoms with van der Waals surface area (Å²) < 4.78 is 5.12. The van der Waals surface area contributed by atoms with E-state index < -0.39 is 0 Å². The lowest BCUT2D eigenvalue weighted by molar-refractivity contribution is 0.407. The fourth-order valence-electron chi connectivity index (χ4n) is 1.14. The first-order valence-electron chi connectivity index (χ1n) is 3.74. The van der Waals surface area contributed by atoms with E-state index in [4.69, 9.17) is 22.1 Å². The van der Waals surface area contributed by atoms with Crippen LogP contribution in [0.5, 0.6) is 5.75 Å². The number of ether oxygens (including phenoxy) is 1. The fourth-order valence-corrected chi connectivity index (χ4v) is 1.48. The standard InChI is InChI=1S/C9H12ClNO.ClH/c1-6(11)9-7(10)4-3-5-8(9)12-2;/h3-6H,11H2,1-2H3;1H/t6-;/m0./s1. The number of benzene rings is 1. The van der Waals surface area contributed by atoms with Crippen LogP contribution in [-0.2, 0) is 0 Å². The van der Waals surface area contributed by atoms with Crippen LogP contribution in [0, 0.1) is 0 Å². The van der Waals surface area contributed by atoms with Crippen LogP contribution in [0.2, 0.25) is 5.02 Å². The van der Waals surface area contributed by atoms with Gasteiger partial charge in [-0.3, -0.25) is 0 Å². The zero-order chi connectivity index (χ0) is 9.14. The van der Waals surface area contributed by atoms with E-state index in [9.17, 15) is 0 Å². The molecule has 0 radical (unpaired) electrons. The van der Waals surface area contributed by atoms with E-state index in [-0.39, 0.29) is 18.4 Å². The van der Waals surface area contributed by atoms with Gasteiger partial charge in [-0.25, -0.2) is 0 Å². The number of hydrogen-bond acceptors (Lipinski definition) is 2. The molecule has 4 heteroatoms. The van der Waals surface area contributed by atoms with E-state index in [0.717, 1.165) is 11.3 Å². The third-order valence-corrected chi connectivity index (χ3v) is 2.02. The Labute approximate surface area is 89.4 Å². The number of hydrogen-bond donors (Lipinski definition) is 1. The lowest BCUT2D eigenvalue weighted by Gasteiger charge is -2.12. The van der Waals surface area contributed by atoms with Crippen LogP contribution in [0.3, 0.4) is 0 Å². The number of nitrogens with two attached hydrogens (primary N) is 1. The first kappa shape index (κ1) is 12.6. The summed E-state index contributed by atoms with van der Waals surface area (Å²) in [4.78, 5) is 0. The smallest absolute Gasteiger partial charge is 0.125 e. The summed E-state index contributed by atoms with van der Waals surface area (Å²) in [5, 5.41) is 0.657. The van der Waals surface area contributed by atoms with Gasteiger partial charge in [-0.15, -0.1) is 12.4 Å². The highest BCUT2D eigenvalue weighted by Gasteiger charge is 2.10. The third kappa shape index (κ3) is 2.76. The van der Waals surface area contributed by atoms with Crippen molar-refractivity contribution in [3.63, 3.8) is 0 Å². The Bertz CT molecular complexity index is 276. The van der Waals surface area contributed by atoms with Gasteiger partial charge in [0, 0.05) is 16.6 Å². The topological polar surface area (TPSA) is 35.2 Å². The van der Waals surface area contributed by atoms with Gasteiger partial charge in [0.2, 0.25) is 0 Å². The molecule has 0 saturated carbocycles. The van der Waals surface area contributed by atoms with Crippen molar-refractivity contribution in [2.75, 3.05) is 7.11 Å². The first-order chi connectivity index (χ1) is 5.66. The summed E-state index contributed by atoms with van der Waals surface area (Å²) >= 11 is 5.94. The van der Waals surface area contributed by atoms with E-state index >= 15 is 0 Å². The summed E-state index contributed by atoms with van der Waals surface area (Å²) in [6, 6.07) is 5.40. The highest BCUT2D eigenvalue weighted by atomic mass is 35.5. The van der Waals surface area contributed by atoms with E-state index in [1.807, 2.05) is 25.1 Å². The first-order valence-corrected chi connectivity index (χ1v) is 4.12. The Kier molecular flexibility index (Phi) is 5.14. The molecule has 0 saturated heterocycles. The van der Waals surface area contributed by atoms with Crippen molar-refractivity contribution in [1.82, 2.24) is 0 Å². The molecule has 1 aromatic rings. The highest BCUT2D eigenvalue weighted by Crippen LogP contribution is 2.30. The molecule has 0 heterocycles. The summed E-state index contributed by atoms with van der Waals surface area (Å²) in [6.45, 7) is 1.88. The predicted molar refractivity (Wildman–Crippen MR) is 57.9 cm³/mol. The molecule has 0 aliphatic rings. The van der Waals surface area contributed by atoms with Crippen LogP contribution in [0.15, 0.2) is 18.2 Å². The molecule has 0 aromatic heterocycles. The van der Waals surface area contributed by atoms with E-state index in [1.54, 1.807) is 7.11 Å². The maximum absolute atomic E-state index is 5.94. The van der Waals surface area contributed by atoms with Gasteiger partial charge >= 0.3 is 0 Å². The second kappa shape index (κ2) is 5.32. The van der Waals surface area contributed by atoms with Crippen molar-refractivity contribution in [3.8, 4) is 5.75 Å². The molecule has 0 bridgehead atoms. The average Bonchev–Trinajstić information content (AvgIpc) is 2.03. The minimum Gasteiger partial charge on any atom is -0.496 e. The van der Waals surface area contributed by atoms with E-state index in [2.05, 4.69) is 0 Å². The Balaban J connectivity index is 0.00000144. The molecule has 2 N–H and O–H groups in total. The fraction of sp³-hybridized carbons (Fsp3) is 0.333. The normalized spacial score (nSPS) is 11.7. The number of halogens is 2. The Hall–Kier alpha value is -0.440. The largest absolute Gasteiger partial charge is 0.496 e.